The fraction of sp³-hybridized carbons (Fsp3) is 0.250. The summed E-state index contributed by atoms with van der Waals surface area (Å²) in [6.45, 7) is 0. The average Bonchev–Trinajstić information content (AvgIpc) is 2.94. The lowest BCUT2D eigenvalue weighted by atomic mass is 10.1. The van der Waals surface area contributed by atoms with Crippen LogP contribution in [0.1, 0.15) is 10.4 Å². The van der Waals surface area contributed by atoms with Crippen LogP contribution in [0, 0.1) is 0 Å². The molecule has 1 heterocycles. The van der Waals surface area contributed by atoms with Crippen molar-refractivity contribution in [3.8, 4) is 22.8 Å². The molecule has 20 heavy (non-hydrogen) atoms. The van der Waals surface area contributed by atoms with Gasteiger partial charge in [0.15, 0.2) is 6.35 Å². The van der Waals surface area contributed by atoms with Gasteiger partial charge in [-0.3, -0.25) is 4.57 Å². The van der Waals surface area contributed by atoms with Crippen molar-refractivity contribution in [1.29, 1.82) is 0 Å². The second-order valence-electron chi connectivity index (χ2n) is 4.40. The van der Waals surface area contributed by atoms with Gasteiger partial charge in [0, 0.05) is 22.9 Å². The molecule has 6 nitrogen and oxygen atoms in total. The molecule has 0 atom stereocenters. The van der Waals surface area contributed by atoms with Crippen LogP contribution in [-0.4, -0.2) is 28.2 Å². The largest absolute Gasteiger partial charge is 0.497 e. The van der Waals surface area contributed by atoms with Gasteiger partial charge in [-0.15, -0.1) is 11.3 Å². The van der Waals surface area contributed by atoms with Gasteiger partial charge in [0.05, 0.1) is 18.3 Å². The number of aromatic nitrogens is 1. The molecule has 0 radical (unpaired) electrons. The molecule has 0 saturated carbocycles. The van der Waals surface area contributed by atoms with Crippen molar-refractivity contribution in [2.24, 2.45) is 0 Å². The Labute approximate surface area is 119 Å². The first-order chi connectivity index (χ1) is 9.48. The first-order valence-corrected chi connectivity index (χ1v) is 8.46. The van der Waals surface area contributed by atoms with Crippen molar-refractivity contribution in [2.45, 2.75) is 6.42 Å². The Bertz CT molecular complexity index is 708. The summed E-state index contributed by atoms with van der Waals surface area (Å²) in [5.74, 6) is 0.993. The minimum atomic E-state index is -4.23. The van der Waals surface area contributed by atoms with Gasteiger partial charge in [0.25, 0.3) is 0 Å². The Morgan fingerprint density at radius 1 is 1.45 bits per heavy atom. The molecule has 0 amide bonds. The van der Waals surface area contributed by atoms with E-state index in [2.05, 4.69) is 4.98 Å². The van der Waals surface area contributed by atoms with E-state index in [0.29, 0.717) is 11.5 Å². The number of fused-ring (bicyclic) bond motifs is 3. The standard InChI is InChI=1S/C12H12NO5PS/c1-17-8-2-7-3-10-12(13-5-20-10)11(7)9(4-8)18-6-19(14,15)16/h2,4-5H,3,6H2,1H3,(H2,14,15,16). The number of methoxy groups -OCH3 is 1. The second kappa shape index (κ2) is 4.86. The van der Waals surface area contributed by atoms with E-state index >= 15 is 0 Å². The number of hydrogen-bond acceptors (Lipinski definition) is 5. The molecule has 0 unspecified atom stereocenters. The Hall–Kier alpha value is -1.40. The van der Waals surface area contributed by atoms with Crippen LogP contribution in [0.15, 0.2) is 17.6 Å². The third-order valence-corrected chi connectivity index (χ3v) is 4.31. The van der Waals surface area contributed by atoms with E-state index in [0.717, 1.165) is 28.1 Å². The maximum absolute atomic E-state index is 11.0. The SMILES string of the molecule is COc1cc2c(c(OCP(=O)(O)O)c1)-c1ncsc1C2. The molecule has 106 valence electrons. The Morgan fingerprint density at radius 3 is 2.95 bits per heavy atom. The van der Waals surface area contributed by atoms with E-state index in [9.17, 15) is 4.57 Å². The highest BCUT2D eigenvalue weighted by molar-refractivity contribution is 7.51. The van der Waals surface area contributed by atoms with Crippen LogP contribution in [0.2, 0.25) is 0 Å². The molecular weight excluding hydrogens is 301 g/mol. The first kappa shape index (κ1) is 13.6. The van der Waals surface area contributed by atoms with Crippen LogP contribution < -0.4 is 9.47 Å². The molecule has 0 saturated heterocycles. The number of nitrogens with zero attached hydrogens (tertiary/aromatic N) is 1. The summed E-state index contributed by atoms with van der Waals surface area (Å²) < 4.78 is 21.5. The molecule has 0 spiro atoms. The molecule has 1 aromatic heterocycles. The van der Waals surface area contributed by atoms with Crippen molar-refractivity contribution < 1.29 is 23.8 Å². The average molecular weight is 313 g/mol. The summed E-state index contributed by atoms with van der Waals surface area (Å²) in [6.07, 6.45) is 0.0743. The van der Waals surface area contributed by atoms with Crippen LogP contribution in [0.4, 0.5) is 0 Å². The first-order valence-electron chi connectivity index (χ1n) is 5.79. The van der Waals surface area contributed by atoms with Crippen molar-refractivity contribution in [3.05, 3.63) is 28.1 Å². The van der Waals surface area contributed by atoms with Crippen molar-refractivity contribution in [3.63, 3.8) is 0 Å². The van der Waals surface area contributed by atoms with E-state index < -0.39 is 13.9 Å². The van der Waals surface area contributed by atoms with Gasteiger partial charge in [-0.25, -0.2) is 4.98 Å². The summed E-state index contributed by atoms with van der Waals surface area (Å²) >= 11 is 1.55. The molecule has 1 aliphatic carbocycles. The zero-order chi connectivity index (χ0) is 14.3. The van der Waals surface area contributed by atoms with Gasteiger partial charge in [-0.05, 0) is 11.6 Å². The minimum absolute atomic E-state index is 0.396. The van der Waals surface area contributed by atoms with Crippen LogP contribution in [0.5, 0.6) is 11.5 Å². The highest BCUT2D eigenvalue weighted by Crippen LogP contribution is 2.46. The monoisotopic (exact) mass is 313 g/mol. The maximum Gasteiger partial charge on any atom is 0.362 e. The molecular formula is C12H12NO5PS. The fourth-order valence-electron chi connectivity index (χ4n) is 2.21. The smallest absolute Gasteiger partial charge is 0.362 e. The Kier molecular flexibility index (Phi) is 3.30. The lowest BCUT2D eigenvalue weighted by Gasteiger charge is -2.13. The number of hydrogen-bond donors (Lipinski definition) is 2. The minimum Gasteiger partial charge on any atom is -0.497 e. The molecule has 0 bridgehead atoms. The molecule has 1 aliphatic rings. The Morgan fingerprint density at radius 2 is 2.25 bits per heavy atom. The van der Waals surface area contributed by atoms with Crippen molar-refractivity contribution >= 4 is 18.9 Å². The van der Waals surface area contributed by atoms with Gasteiger partial charge in [0.2, 0.25) is 0 Å². The third-order valence-electron chi connectivity index (χ3n) is 3.01. The molecule has 8 heteroatoms. The predicted octanol–water partition coefficient (Wildman–Crippen LogP) is 2.24. The number of benzene rings is 1. The quantitative estimate of drug-likeness (QED) is 0.718. The van der Waals surface area contributed by atoms with E-state index in [-0.39, 0.29) is 0 Å². The zero-order valence-electron chi connectivity index (χ0n) is 10.6. The maximum atomic E-state index is 11.0. The van der Waals surface area contributed by atoms with Crippen LogP contribution in [0.3, 0.4) is 0 Å². The van der Waals surface area contributed by atoms with Gasteiger partial charge in [0.1, 0.15) is 11.5 Å². The topological polar surface area (TPSA) is 88.9 Å². The predicted molar refractivity (Wildman–Crippen MR) is 74.4 cm³/mol. The second-order valence-corrected chi connectivity index (χ2v) is 6.93. The summed E-state index contributed by atoms with van der Waals surface area (Å²) in [5, 5.41) is 0. The van der Waals surface area contributed by atoms with Crippen molar-refractivity contribution in [1.82, 2.24) is 4.98 Å². The molecule has 0 aliphatic heterocycles. The van der Waals surface area contributed by atoms with Gasteiger partial charge in [-0.1, -0.05) is 0 Å². The molecule has 3 rings (SSSR count). The Balaban J connectivity index is 2.05. The van der Waals surface area contributed by atoms with Crippen molar-refractivity contribution in [2.75, 3.05) is 13.5 Å². The summed E-state index contributed by atoms with van der Waals surface area (Å²) in [4.78, 5) is 23.3. The van der Waals surface area contributed by atoms with E-state index in [1.165, 1.54) is 7.11 Å². The summed E-state index contributed by atoms with van der Waals surface area (Å²) in [6, 6.07) is 3.52. The zero-order valence-corrected chi connectivity index (χ0v) is 12.3. The lowest BCUT2D eigenvalue weighted by molar-refractivity contribution is 0.300. The van der Waals surface area contributed by atoms with E-state index in [4.69, 9.17) is 19.3 Å². The van der Waals surface area contributed by atoms with E-state index in [1.54, 1.807) is 22.9 Å². The van der Waals surface area contributed by atoms with E-state index in [1.807, 2.05) is 6.07 Å². The molecule has 2 aromatic rings. The van der Waals surface area contributed by atoms with Gasteiger partial charge >= 0.3 is 7.60 Å². The number of thiazole rings is 1. The highest BCUT2D eigenvalue weighted by atomic mass is 32.1. The van der Waals surface area contributed by atoms with Crippen LogP contribution >= 0.6 is 18.9 Å². The van der Waals surface area contributed by atoms with Gasteiger partial charge in [-0.2, -0.15) is 0 Å². The highest BCUT2D eigenvalue weighted by Gasteiger charge is 2.27. The molecule has 0 fully saturated rings. The molecule has 2 N–H and O–H groups in total. The number of ether oxygens (including phenoxy) is 2. The third kappa shape index (κ3) is 2.45. The molecule has 1 aromatic carbocycles. The van der Waals surface area contributed by atoms with Crippen LogP contribution in [0.25, 0.3) is 11.3 Å². The summed E-state index contributed by atoms with van der Waals surface area (Å²) in [5.41, 5.74) is 4.38. The fourth-order valence-corrected chi connectivity index (χ4v) is 3.31. The van der Waals surface area contributed by atoms with Gasteiger partial charge < -0.3 is 19.3 Å². The summed E-state index contributed by atoms with van der Waals surface area (Å²) in [7, 11) is -2.69. The van der Waals surface area contributed by atoms with Crippen LogP contribution in [-0.2, 0) is 11.0 Å². The number of rotatable bonds is 4. The lowest BCUT2D eigenvalue weighted by Crippen LogP contribution is -2.00. The normalized spacial score (nSPS) is 12.9.